The molecule has 0 spiro atoms. The van der Waals surface area contributed by atoms with E-state index in [2.05, 4.69) is 10.3 Å². The van der Waals surface area contributed by atoms with E-state index in [4.69, 9.17) is 9.47 Å². The van der Waals surface area contributed by atoms with E-state index in [1.165, 1.54) is 7.11 Å². The van der Waals surface area contributed by atoms with E-state index in [0.29, 0.717) is 25.5 Å². The molecule has 88 valence electrons. The maximum absolute atomic E-state index is 9.81. The van der Waals surface area contributed by atoms with Gasteiger partial charge in [0.05, 0.1) is 19.8 Å². The smallest absolute Gasteiger partial charge is 0.161 e. The van der Waals surface area contributed by atoms with Crippen LogP contribution < -0.4 is 15.0 Å². The third-order valence-corrected chi connectivity index (χ3v) is 2.37. The summed E-state index contributed by atoms with van der Waals surface area (Å²) in [6, 6.07) is 5.41. The van der Waals surface area contributed by atoms with Crippen molar-refractivity contribution >= 4 is 0 Å². The van der Waals surface area contributed by atoms with Gasteiger partial charge in [0.2, 0.25) is 0 Å². The summed E-state index contributed by atoms with van der Waals surface area (Å²) in [5.74, 6) is 1.40. The first-order valence-electron chi connectivity index (χ1n) is 5.14. The van der Waals surface area contributed by atoms with Crippen molar-refractivity contribution in [1.29, 1.82) is 0 Å². The highest BCUT2D eigenvalue weighted by atomic mass is 16.6. The zero-order chi connectivity index (χ0) is 11.4. The molecule has 0 amide bonds. The van der Waals surface area contributed by atoms with Gasteiger partial charge in [-0.15, -0.1) is 0 Å². The van der Waals surface area contributed by atoms with Gasteiger partial charge < -0.3 is 19.4 Å². The largest absolute Gasteiger partial charge is 0.486 e. The van der Waals surface area contributed by atoms with Crippen molar-refractivity contribution in [3.05, 3.63) is 23.8 Å². The molecule has 1 unspecified atom stereocenters. The zero-order valence-electron chi connectivity index (χ0n) is 9.10. The van der Waals surface area contributed by atoms with Gasteiger partial charge in [-0.1, -0.05) is 6.07 Å². The van der Waals surface area contributed by atoms with E-state index in [1.54, 1.807) is 12.1 Å². The van der Waals surface area contributed by atoms with Crippen LogP contribution in [0.3, 0.4) is 0 Å². The van der Waals surface area contributed by atoms with Gasteiger partial charge in [-0.2, -0.15) is 5.48 Å². The summed E-state index contributed by atoms with van der Waals surface area (Å²) in [5.41, 5.74) is 3.38. The summed E-state index contributed by atoms with van der Waals surface area (Å²) >= 11 is 0. The van der Waals surface area contributed by atoms with Crippen LogP contribution in [0, 0.1) is 0 Å². The number of ether oxygens (including phenoxy) is 2. The normalized spacial score (nSPS) is 15.9. The van der Waals surface area contributed by atoms with Crippen LogP contribution in [0.1, 0.15) is 11.7 Å². The average molecular weight is 225 g/mol. The number of hydroxylamine groups is 1. The highest BCUT2D eigenvalue weighted by Gasteiger charge is 2.15. The van der Waals surface area contributed by atoms with Crippen molar-refractivity contribution in [2.75, 3.05) is 26.9 Å². The second-order valence-corrected chi connectivity index (χ2v) is 3.47. The van der Waals surface area contributed by atoms with Gasteiger partial charge in [-0.05, 0) is 17.7 Å². The molecule has 0 aliphatic carbocycles. The molecule has 0 bridgehead atoms. The summed E-state index contributed by atoms with van der Waals surface area (Å²) in [4.78, 5) is 4.68. The van der Waals surface area contributed by atoms with Crippen molar-refractivity contribution in [2.45, 2.75) is 6.10 Å². The zero-order valence-corrected chi connectivity index (χ0v) is 9.10. The molecule has 0 saturated heterocycles. The van der Waals surface area contributed by atoms with Gasteiger partial charge in [-0.3, -0.25) is 0 Å². The fraction of sp³-hybridized carbons (Fsp3) is 0.455. The highest BCUT2D eigenvalue weighted by molar-refractivity contribution is 5.44. The first-order valence-corrected chi connectivity index (χ1v) is 5.14. The molecule has 2 rings (SSSR count). The van der Waals surface area contributed by atoms with Crippen LogP contribution in [-0.4, -0.2) is 32.0 Å². The summed E-state index contributed by atoms with van der Waals surface area (Å²) in [6.45, 7) is 1.44. The summed E-state index contributed by atoms with van der Waals surface area (Å²) in [6.07, 6.45) is -0.629. The fourth-order valence-electron chi connectivity index (χ4n) is 1.55. The maximum Gasteiger partial charge on any atom is 0.161 e. The lowest BCUT2D eigenvalue weighted by Gasteiger charge is -2.20. The van der Waals surface area contributed by atoms with E-state index in [1.807, 2.05) is 6.07 Å². The highest BCUT2D eigenvalue weighted by Crippen LogP contribution is 2.32. The lowest BCUT2D eigenvalue weighted by molar-refractivity contribution is 0.0497. The Morgan fingerprint density at radius 1 is 1.38 bits per heavy atom. The van der Waals surface area contributed by atoms with Crippen molar-refractivity contribution in [2.24, 2.45) is 0 Å². The third kappa shape index (κ3) is 2.44. The van der Waals surface area contributed by atoms with Crippen molar-refractivity contribution in [3.63, 3.8) is 0 Å². The monoisotopic (exact) mass is 225 g/mol. The molecule has 1 aliphatic heterocycles. The molecule has 1 aromatic rings. The van der Waals surface area contributed by atoms with Gasteiger partial charge in [0.25, 0.3) is 0 Å². The molecule has 2 N–H and O–H groups in total. The second-order valence-electron chi connectivity index (χ2n) is 3.47. The lowest BCUT2D eigenvalue weighted by atomic mass is 10.1. The molecule has 0 fully saturated rings. The number of hydrogen-bond acceptors (Lipinski definition) is 5. The maximum atomic E-state index is 9.81. The summed E-state index contributed by atoms with van der Waals surface area (Å²) in [7, 11) is 1.51. The Morgan fingerprint density at radius 3 is 2.88 bits per heavy atom. The van der Waals surface area contributed by atoms with Crippen LogP contribution in [0.25, 0.3) is 0 Å². The summed E-state index contributed by atoms with van der Waals surface area (Å²) < 4.78 is 10.8. The van der Waals surface area contributed by atoms with E-state index in [-0.39, 0.29) is 0 Å². The van der Waals surface area contributed by atoms with Gasteiger partial charge in [0.1, 0.15) is 13.2 Å². The quantitative estimate of drug-likeness (QED) is 0.736. The molecular weight excluding hydrogens is 210 g/mol. The Morgan fingerprint density at radius 2 is 2.12 bits per heavy atom. The molecule has 0 aromatic heterocycles. The van der Waals surface area contributed by atoms with Crippen LogP contribution >= 0.6 is 0 Å². The first-order chi connectivity index (χ1) is 7.81. The predicted octanol–water partition coefficient (Wildman–Crippen LogP) is 0.642. The fourth-order valence-corrected chi connectivity index (χ4v) is 1.55. The van der Waals surface area contributed by atoms with Gasteiger partial charge >= 0.3 is 0 Å². The van der Waals surface area contributed by atoms with Crippen molar-refractivity contribution < 1.29 is 19.4 Å². The number of aliphatic hydroxyl groups is 1. The Labute approximate surface area is 93.9 Å². The number of fused-ring (bicyclic) bond motifs is 1. The molecule has 5 nitrogen and oxygen atoms in total. The number of nitrogens with one attached hydrogen (secondary N) is 1. The van der Waals surface area contributed by atoms with Gasteiger partial charge in [-0.25, -0.2) is 0 Å². The SMILES string of the molecule is CONCC(O)c1ccc2c(c1)OCCO2. The Balaban J connectivity index is 2.10. The molecular formula is C11H15NO4. The number of aliphatic hydroxyl groups excluding tert-OH is 1. The predicted molar refractivity (Wildman–Crippen MR) is 57.4 cm³/mol. The number of benzene rings is 1. The molecule has 1 atom stereocenters. The first kappa shape index (κ1) is 11.2. The van der Waals surface area contributed by atoms with E-state index < -0.39 is 6.10 Å². The van der Waals surface area contributed by atoms with Crippen LogP contribution in [0.2, 0.25) is 0 Å². The molecule has 5 heteroatoms. The average Bonchev–Trinajstić information content (AvgIpc) is 2.35. The minimum Gasteiger partial charge on any atom is -0.486 e. The summed E-state index contributed by atoms with van der Waals surface area (Å²) in [5, 5.41) is 9.81. The van der Waals surface area contributed by atoms with Crippen LogP contribution in [0.15, 0.2) is 18.2 Å². The van der Waals surface area contributed by atoms with Crippen LogP contribution in [0.4, 0.5) is 0 Å². The van der Waals surface area contributed by atoms with Crippen LogP contribution in [-0.2, 0) is 4.84 Å². The molecule has 0 saturated carbocycles. The van der Waals surface area contributed by atoms with E-state index in [9.17, 15) is 5.11 Å². The molecule has 0 radical (unpaired) electrons. The molecule has 1 aromatic carbocycles. The standard InChI is InChI=1S/C11H15NO4/c1-14-12-7-9(13)8-2-3-10-11(6-8)16-5-4-15-10/h2-3,6,9,12-13H,4-5,7H2,1H3. The number of rotatable bonds is 4. The third-order valence-electron chi connectivity index (χ3n) is 2.37. The Hall–Kier alpha value is -1.30. The Bertz CT molecular complexity index is 356. The minimum atomic E-state index is -0.629. The topological polar surface area (TPSA) is 60.0 Å². The second kappa shape index (κ2) is 5.16. The molecule has 16 heavy (non-hydrogen) atoms. The van der Waals surface area contributed by atoms with Gasteiger partial charge in [0, 0.05) is 0 Å². The van der Waals surface area contributed by atoms with Crippen LogP contribution in [0.5, 0.6) is 11.5 Å². The lowest BCUT2D eigenvalue weighted by Crippen LogP contribution is -2.20. The van der Waals surface area contributed by atoms with Crippen molar-refractivity contribution in [3.8, 4) is 11.5 Å². The van der Waals surface area contributed by atoms with E-state index >= 15 is 0 Å². The molecule has 1 heterocycles. The minimum absolute atomic E-state index is 0.330. The van der Waals surface area contributed by atoms with E-state index in [0.717, 1.165) is 11.3 Å². The molecule has 1 aliphatic rings. The van der Waals surface area contributed by atoms with Crippen molar-refractivity contribution in [1.82, 2.24) is 5.48 Å². The van der Waals surface area contributed by atoms with Gasteiger partial charge in [0.15, 0.2) is 11.5 Å². The number of hydrogen-bond donors (Lipinski definition) is 2. The Kier molecular flexibility index (Phi) is 3.61.